The first-order chi connectivity index (χ1) is 11.2. The average molecular weight is 299 g/mol. The van der Waals surface area contributed by atoms with Crippen LogP contribution >= 0.6 is 0 Å². The predicted octanol–water partition coefficient (Wildman–Crippen LogP) is 5.79. The minimum Gasteiger partial charge on any atom is -0.0622 e. The van der Waals surface area contributed by atoms with Crippen LogP contribution in [0.25, 0.3) is 0 Å². The molecule has 0 amide bonds. The Kier molecular flexibility index (Phi) is 4.92. The maximum Gasteiger partial charge on any atom is -0.00167 e. The average Bonchev–Trinajstić information content (AvgIpc) is 2.58. The van der Waals surface area contributed by atoms with Crippen LogP contribution in [-0.4, -0.2) is 0 Å². The number of rotatable bonds is 5. The van der Waals surface area contributed by atoms with E-state index in [0.29, 0.717) is 5.92 Å². The van der Waals surface area contributed by atoms with Gasteiger partial charge in [0.25, 0.3) is 0 Å². The highest BCUT2D eigenvalue weighted by Gasteiger charge is 2.12. The zero-order chi connectivity index (χ0) is 16.1. The van der Waals surface area contributed by atoms with Crippen LogP contribution in [0.3, 0.4) is 0 Å². The summed E-state index contributed by atoms with van der Waals surface area (Å²) < 4.78 is 0. The van der Waals surface area contributed by atoms with Crippen LogP contribution in [0, 0.1) is 6.07 Å². The molecule has 3 aromatic carbocycles. The van der Waals surface area contributed by atoms with Gasteiger partial charge in [-0.25, -0.2) is 0 Å². The van der Waals surface area contributed by atoms with E-state index in [4.69, 9.17) is 0 Å². The van der Waals surface area contributed by atoms with Gasteiger partial charge >= 0.3 is 0 Å². The van der Waals surface area contributed by atoms with Crippen LogP contribution in [0.2, 0.25) is 0 Å². The summed E-state index contributed by atoms with van der Waals surface area (Å²) in [4.78, 5) is 0. The van der Waals surface area contributed by atoms with E-state index >= 15 is 0 Å². The van der Waals surface area contributed by atoms with E-state index in [9.17, 15) is 0 Å². The number of hydrogen-bond donors (Lipinski definition) is 0. The first kappa shape index (κ1) is 15.6. The fraction of sp³-hybridized carbons (Fsp3) is 0.217. The molecule has 0 spiro atoms. The Bertz CT molecular complexity index is 740. The minimum absolute atomic E-state index is 0.526. The maximum atomic E-state index is 3.50. The van der Waals surface area contributed by atoms with Crippen molar-refractivity contribution >= 4 is 0 Å². The highest BCUT2D eigenvalue weighted by molar-refractivity contribution is 5.42. The summed E-state index contributed by atoms with van der Waals surface area (Å²) in [5.74, 6) is 0.526. The lowest BCUT2D eigenvalue weighted by molar-refractivity contribution is 0.841. The third kappa shape index (κ3) is 3.90. The molecule has 0 nitrogen and oxygen atoms in total. The van der Waals surface area contributed by atoms with E-state index in [1.165, 1.54) is 27.8 Å². The second-order valence-corrected chi connectivity index (χ2v) is 6.37. The molecule has 0 heterocycles. The van der Waals surface area contributed by atoms with Crippen molar-refractivity contribution in [3.8, 4) is 0 Å². The largest absolute Gasteiger partial charge is 0.0622 e. The number of hydrogen-bond acceptors (Lipinski definition) is 0. The molecule has 0 aliphatic rings. The monoisotopic (exact) mass is 299 g/mol. The third-order valence-electron chi connectivity index (χ3n) is 4.30. The molecule has 0 N–H and O–H groups in total. The summed E-state index contributed by atoms with van der Waals surface area (Å²) in [6.07, 6.45) is 1.93. The van der Waals surface area contributed by atoms with Crippen LogP contribution in [0.1, 0.15) is 47.6 Å². The Morgan fingerprint density at radius 3 is 1.87 bits per heavy atom. The van der Waals surface area contributed by atoms with Gasteiger partial charge in [0, 0.05) is 0 Å². The van der Waals surface area contributed by atoms with Gasteiger partial charge in [-0.15, -0.1) is 0 Å². The second-order valence-electron chi connectivity index (χ2n) is 6.37. The maximum absolute atomic E-state index is 3.50. The fourth-order valence-corrected chi connectivity index (χ4v) is 3.10. The normalized spacial score (nSPS) is 10.9. The summed E-state index contributed by atoms with van der Waals surface area (Å²) in [6.45, 7) is 4.55. The molecular formula is C23H23. The molecule has 0 bridgehead atoms. The highest BCUT2D eigenvalue weighted by Crippen LogP contribution is 2.26. The van der Waals surface area contributed by atoms with Crippen molar-refractivity contribution in [1.82, 2.24) is 0 Å². The van der Waals surface area contributed by atoms with E-state index in [-0.39, 0.29) is 0 Å². The minimum atomic E-state index is 0.526. The van der Waals surface area contributed by atoms with Gasteiger partial charge in [-0.05, 0) is 52.6 Å². The molecule has 0 saturated carbocycles. The lowest BCUT2D eigenvalue weighted by Gasteiger charge is -2.17. The van der Waals surface area contributed by atoms with Crippen molar-refractivity contribution in [2.24, 2.45) is 0 Å². The van der Waals surface area contributed by atoms with Crippen LogP contribution in [0.15, 0.2) is 72.8 Å². The molecule has 0 aliphatic heterocycles. The Morgan fingerprint density at radius 2 is 1.30 bits per heavy atom. The van der Waals surface area contributed by atoms with Gasteiger partial charge in [-0.3, -0.25) is 0 Å². The van der Waals surface area contributed by atoms with Crippen molar-refractivity contribution < 1.29 is 0 Å². The zero-order valence-corrected chi connectivity index (χ0v) is 13.9. The Hall–Kier alpha value is -2.34. The van der Waals surface area contributed by atoms with Crippen LogP contribution in [0.5, 0.6) is 0 Å². The Balaban J connectivity index is 1.99. The van der Waals surface area contributed by atoms with Crippen molar-refractivity contribution in [3.05, 3.63) is 107 Å². The molecular weight excluding hydrogens is 276 g/mol. The first-order valence-electron chi connectivity index (χ1n) is 8.34. The SMILES string of the molecule is CC(C)c1cc[c]c(Cc2ccccc2)c1Cc1ccccc1. The van der Waals surface area contributed by atoms with Gasteiger partial charge in [0.05, 0.1) is 0 Å². The predicted molar refractivity (Wildman–Crippen MR) is 97.9 cm³/mol. The summed E-state index contributed by atoms with van der Waals surface area (Å²) in [5, 5.41) is 0. The fourth-order valence-electron chi connectivity index (χ4n) is 3.10. The van der Waals surface area contributed by atoms with E-state index < -0.39 is 0 Å². The molecule has 0 unspecified atom stereocenters. The van der Waals surface area contributed by atoms with Crippen LogP contribution in [0.4, 0.5) is 0 Å². The molecule has 0 fully saturated rings. The van der Waals surface area contributed by atoms with Gasteiger partial charge in [0.1, 0.15) is 0 Å². The quantitative estimate of drug-likeness (QED) is 0.559. The summed E-state index contributed by atoms with van der Waals surface area (Å²) in [6, 6.07) is 29.2. The van der Waals surface area contributed by atoms with Crippen LogP contribution in [-0.2, 0) is 12.8 Å². The third-order valence-corrected chi connectivity index (χ3v) is 4.30. The molecule has 0 aliphatic carbocycles. The molecule has 0 atom stereocenters. The zero-order valence-electron chi connectivity index (χ0n) is 13.9. The van der Waals surface area contributed by atoms with E-state index in [0.717, 1.165) is 12.8 Å². The van der Waals surface area contributed by atoms with Crippen LogP contribution < -0.4 is 0 Å². The van der Waals surface area contributed by atoms with Gasteiger partial charge < -0.3 is 0 Å². The topological polar surface area (TPSA) is 0 Å². The molecule has 115 valence electrons. The lowest BCUT2D eigenvalue weighted by Crippen LogP contribution is -2.04. The number of benzene rings is 3. The second kappa shape index (κ2) is 7.28. The highest BCUT2D eigenvalue weighted by atomic mass is 14.2. The summed E-state index contributed by atoms with van der Waals surface area (Å²) >= 11 is 0. The van der Waals surface area contributed by atoms with Gasteiger partial charge in [-0.1, -0.05) is 86.6 Å². The molecule has 0 aromatic heterocycles. The first-order valence-corrected chi connectivity index (χ1v) is 8.34. The Labute approximate surface area is 139 Å². The Morgan fingerprint density at radius 1 is 0.739 bits per heavy atom. The smallest absolute Gasteiger partial charge is 0.00167 e. The van der Waals surface area contributed by atoms with Crippen molar-refractivity contribution in [3.63, 3.8) is 0 Å². The molecule has 1 radical (unpaired) electrons. The van der Waals surface area contributed by atoms with Gasteiger partial charge in [0.15, 0.2) is 0 Å². The molecule has 3 rings (SSSR count). The summed E-state index contributed by atoms with van der Waals surface area (Å²) in [5.41, 5.74) is 6.92. The van der Waals surface area contributed by atoms with Crippen molar-refractivity contribution in [2.45, 2.75) is 32.6 Å². The van der Waals surface area contributed by atoms with Crippen molar-refractivity contribution in [1.29, 1.82) is 0 Å². The van der Waals surface area contributed by atoms with E-state index in [1.807, 2.05) is 0 Å². The molecule has 0 heteroatoms. The van der Waals surface area contributed by atoms with Crippen molar-refractivity contribution in [2.75, 3.05) is 0 Å². The molecule has 3 aromatic rings. The molecule has 0 saturated heterocycles. The lowest BCUT2D eigenvalue weighted by atomic mass is 9.87. The standard InChI is InChI=1S/C23H23/c1-18(2)22-15-9-14-21(16-19-10-5-3-6-11-19)23(22)17-20-12-7-4-8-13-20/h3-13,15,18H,16-17H2,1-2H3. The van der Waals surface area contributed by atoms with Gasteiger partial charge in [0.2, 0.25) is 0 Å². The van der Waals surface area contributed by atoms with E-state index in [2.05, 4.69) is 92.7 Å². The molecule has 23 heavy (non-hydrogen) atoms. The van der Waals surface area contributed by atoms with E-state index in [1.54, 1.807) is 0 Å². The summed E-state index contributed by atoms with van der Waals surface area (Å²) in [7, 11) is 0. The van der Waals surface area contributed by atoms with Gasteiger partial charge in [-0.2, -0.15) is 0 Å².